The molecule has 1 saturated heterocycles. The molecule has 0 aliphatic carbocycles. The van der Waals surface area contributed by atoms with Gasteiger partial charge in [0.1, 0.15) is 17.3 Å². The average molecular weight is 296 g/mol. The number of carbonyl (C=O) groups is 1. The monoisotopic (exact) mass is 296 g/mol. The van der Waals surface area contributed by atoms with Crippen LogP contribution in [0.15, 0.2) is 12.1 Å². The maximum atomic E-state index is 13.8. The average Bonchev–Trinajstić information content (AvgIpc) is 2.41. The van der Waals surface area contributed by atoms with Gasteiger partial charge in [-0.25, -0.2) is 8.78 Å². The van der Waals surface area contributed by atoms with E-state index < -0.39 is 11.6 Å². The highest BCUT2D eigenvalue weighted by Crippen LogP contribution is 2.29. The Morgan fingerprint density at radius 3 is 2.33 bits per heavy atom. The Hall–Kier alpha value is -1.65. The SMILES string of the molecule is CNc1c(F)cc(C(=O)N2CC(C)CC(C)C2C)cc1F. The Kier molecular flexibility index (Phi) is 4.49. The second-order valence-corrected chi connectivity index (χ2v) is 6.08. The minimum absolute atomic E-state index is 0.0668. The molecule has 1 aliphatic rings. The van der Waals surface area contributed by atoms with Crippen molar-refractivity contribution in [3.8, 4) is 0 Å². The third-order valence-corrected chi connectivity index (χ3v) is 4.40. The van der Waals surface area contributed by atoms with Crippen molar-refractivity contribution in [2.75, 3.05) is 18.9 Å². The number of hydrogen-bond acceptors (Lipinski definition) is 2. The maximum absolute atomic E-state index is 13.8. The number of benzene rings is 1. The number of hydrogen-bond donors (Lipinski definition) is 1. The van der Waals surface area contributed by atoms with Crippen LogP contribution in [0.5, 0.6) is 0 Å². The molecule has 1 heterocycles. The van der Waals surface area contributed by atoms with Gasteiger partial charge in [0.05, 0.1) is 0 Å². The highest BCUT2D eigenvalue weighted by atomic mass is 19.1. The van der Waals surface area contributed by atoms with Crippen LogP contribution in [0.2, 0.25) is 0 Å². The lowest BCUT2D eigenvalue weighted by molar-refractivity contribution is 0.0455. The molecule has 0 radical (unpaired) electrons. The van der Waals surface area contributed by atoms with Gasteiger partial charge in [-0.05, 0) is 37.3 Å². The van der Waals surface area contributed by atoms with Crippen LogP contribution in [0, 0.1) is 23.5 Å². The zero-order valence-electron chi connectivity index (χ0n) is 12.9. The number of piperidine rings is 1. The number of nitrogens with one attached hydrogen (secondary N) is 1. The van der Waals surface area contributed by atoms with Crippen molar-refractivity contribution >= 4 is 11.6 Å². The van der Waals surface area contributed by atoms with E-state index in [1.807, 2.05) is 6.92 Å². The molecule has 1 fully saturated rings. The fraction of sp³-hybridized carbons (Fsp3) is 0.562. The van der Waals surface area contributed by atoms with E-state index in [9.17, 15) is 13.6 Å². The summed E-state index contributed by atoms with van der Waals surface area (Å²) in [5, 5.41) is 2.46. The van der Waals surface area contributed by atoms with Gasteiger partial charge in [0, 0.05) is 25.2 Å². The van der Waals surface area contributed by atoms with E-state index in [4.69, 9.17) is 0 Å². The maximum Gasteiger partial charge on any atom is 0.254 e. The lowest BCUT2D eigenvalue weighted by Gasteiger charge is -2.41. The predicted octanol–water partition coefficient (Wildman–Crippen LogP) is 3.51. The lowest BCUT2D eigenvalue weighted by atomic mass is 9.85. The molecule has 116 valence electrons. The molecule has 0 saturated carbocycles. The van der Waals surface area contributed by atoms with Gasteiger partial charge in [0.2, 0.25) is 0 Å². The van der Waals surface area contributed by atoms with Gasteiger partial charge in [-0.2, -0.15) is 0 Å². The van der Waals surface area contributed by atoms with Crippen LogP contribution >= 0.6 is 0 Å². The van der Waals surface area contributed by atoms with E-state index >= 15 is 0 Å². The Morgan fingerprint density at radius 1 is 1.24 bits per heavy atom. The van der Waals surface area contributed by atoms with Crippen LogP contribution in [0.3, 0.4) is 0 Å². The number of nitrogens with zero attached hydrogens (tertiary/aromatic N) is 1. The first-order chi connectivity index (χ1) is 9.85. The Morgan fingerprint density at radius 2 is 1.81 bits per heavy atom. The summed E-state index contributed by atoms with van der Waals surface area (Å²) in [6.07, 6.45) is 1.06. The van der Waals surface area contributed by atoms with E-state index in [1.165, 1.54) is 7.05 Å². The molecule has 3 unspecified atom stereocenters. The fourth-order valence-electron chi connectivity index (χ4n) is 3.08. The summed E-state index contributed by atoms with van der Waals surface area (Å²) in [6.45, 7) is 6.81. The summed E-state index contributed by atoms with van der Waals surface area (Å²) in [6, 6.07) is 2.28. The molecule has 0 aromatic heterocycles. The molecule has 0 spiro atoms. The van der Waals surface area contributed by atoms with E-state index in [1.54, 1.807) is 4.90 Å². The number of halogens is 2. The van der Waals surface area contributed by atoms with E-state index in [0.29, 0.717) is 18.4 Å². The minimum Gasteiger partial charge on any atom is -0.383 e. The van der Waals surface area contributed by atoms with Crippen LogP contribution in [0.25, 0.3) is 0 Å². The lowest BCUT2D eigenvalue weighted by Crippen LogP contribution is -2.48. The molecule has 1 amide bonds. The largest absolute Gasteiger partial charge is 0.383 e. The predicted molar refractivity (Wildman–Crippen MR) is 79.3 cm³/mol. The van der Waals surface area contributed by atoms with E-state index in [0.717, 1.165) is 18.6 Å². The number of anilines is 1. The Balaban J connectivity index is 2.31. The quantitative estimate of drug-likeness (QED) is 0.905. The molecule has 0 bridgehead atoms. The van der Waals surface area contributed by atoms with Crippen LogP contribution in [0.1, 0.15) is 37.6 Å². The molecule has 1 aliphatic heterocycles. The smallest absolute Gasteiger partial charge is 0.254 e. The minimum atomic E-state index is -0.744. The highest BCUT2D eigenvalue weighted by Gasteiger charge is 2.32. The van der Waals surface area contributed by atoms with Crippen molar-refractivity contribution in [1.82, 2.24) is 4.90 Å². The zero-order chi connectivity index (χ0) is 15.7. The van der Waals surface area contributed by atoms with Crippen LogP contribution < -0.4 is 5.32 Å². The van der Waals surface area contributed by atoms with E-state index in [2.05, 4.69) is 19.2 Å². The van der Waals surface area contributed by atoms with Crippen LogP contribution in [-0.4, -0.2) is 30.4 Å². The first-order valence-electron chi connectivity index (χ1n) is 7.32. The summed E-state index contributed by atoms with van der Waals surface area (Å²) in [5.41, 5.74) is -0.142. The normalized spacial score (nSPS) is 25.8. The van der Waals surface area contributed by atoms with E-state index in [-0.39, 0.29) is 23.2 Å². The topological polar surface area (TPSA) is 32.3 Å². The second-order valence-electron chi connectivity index (χ2n) is 6.08. The zero-order valence-corrected chi connectivity index (χ0v) is 12.9. The van der Waals surface area contributed by atoms with Gasteiger partial charge in [-0.1, -0.05) is 13.8 Å². The van der Waals surface area contributed by atoms with Crippen molar-refractivity contribution in [1.29, 1.82) is 0 Å². The van der Waals surface area contributed by atoms with Crippen molar-refractivity contribution in [3.05, 3.63) is 29.3 Å². The van der Waals surface area contributed by atoms with Crippen molar-refractivity contribution < 1.29 is 13.6 Å². The third-order valence-electron chi connectivity index (χ3n) is 4.40. The Bertz CT molecular complexity index is 524. The summed E-state index contributed by atoms with van der Waals surface area (Å²) in [5.74, 6) is -1.02. The molecular weight excluding hydrogens is 274 g/mol. The molecule has 5 heteroatoms. The summed E-state index contributed by atoms with van der Waals surface area (Å²) < 4.78 is 27.6. The summed E-state index contributed by atoms with van der Waals surface area (Å²) in [7, 11) is 1.44. The van der Waals surface area contributed by atoms with Gasteiger partial charge in [0.25, 0.3) is 5.91 Å². The molecule has 21 heavy (non-hydrogen) atoms. The first kappa shape index (κ1) is 15.7. The molecular formula is C16H22F2N2O. The van der Waals surface area contributed by atoms with Gasteiger partial charge in [-0.15, -0.1) is 0 Å². The van der Waals surface area contributed by atoms with Gasteiger partial charge in [-0.3, -0.25) is 4.79 Å². The van der Waals surface area contributed by atoms with Crippen molar-refractivity contribution in [2.45, 2.75) is 33.2 Å². The Labute approximate surface area is 124 Å². The molecule has 1 aromatic carbocycles. The summed E-state index contributed by atoms with van der Waals surface area (Å²) in [4.78, 5) is 14.3. The van der Waals surface area contributed by atoms with Crippen molar-refractivity contribution in [2.24, 2.45) is 11.8 Å². The van der Waals surface area contributed by atoms with Crippen LogP contribution in [0.4, 0.5) is 14.5 Å². The molecule has 2 rings (SSSR count). The molecule has 3 nitrogen and oxygen atoms in total. The van der Waals surface area contributed by atoms with Gasteiger partial charge >= 0.3 is 0 Å². The highest BCUT2D eigenvalue weighted by molar-refractivity contribution is 5.95. The van der Waals surface area contributed by atoms with Crippen LogP contribution in [-0.2, 0) is 0 Å². The fourth-order valence-corrected chi connectivity index (χ4v) is 3.08. The number of carbonyl (C=O) groups excluding carboxylic acids is 1. The summed E-state index contributed by atoms with van der Waals surface area (Å²) >= 11 is 0. The molecule has 3 atom stereocenters. The molecule has 1 aromatic rings. The van der Waals surface area contributed by atoms with Gasteiger partial charge < -0.3 is 10.2 Å². The first-order valence-corrected chi connectivity index (χ1v) is 7.32. The number of amides is 1. The van der Waals surface area contributed by atoms with Gasteiger partial charge in [0.15, 0.2) is 0 Å². The third kappa shape index (κ3) is 3.01. The number of rotatable bonds is 2. The second kappa shape index (κ2) is 6.00. The number of likely N-dealkylation sites (tertiary alicyclic amines) is 1. The van der Waals surface area contributed by atoms with Crippen molar-refractivity contribution in [3.63, 3.8) is 0 Å². The molecule has 1 N–H and O–H groups in total. The standard InChI is InChI=1S/C16H22F2N2O/c1-9-5-10(2)11(3)20(8-9)16(21)12-6-13(17)15(19-4)14(18)7-12/h6-7,9-11,19H,5,8H2,1-4H3.